The Kier molecular flexibility index (Phi) is 3.70. The number of anilines is 2. The number of fused-ring (bicyclic) bond motifs is 1. The van der Waals surface area contributed by atoms with Crippen LogP contribution in [0.4, 0.5) is 10.7 Å². The van der Waals surface area contributed by atoms with Gasteiger partial charge in [-0.15, -0.1) is 11.3 Å². The summed E-state index contributed by atoms with van der Waals surface area (Å²) in [5.74, 6) is -0.259. The summed E-state index contributed by atoms with van der Waals surface area (Å²) in [6.07, 6.45) is 3.00. The van der Waals surface area contributed by atoms with Gasteiger partial charge in [0, 0.05) is 15.0 Å². The summed E-state index contributed by atoms with van der Waals surface area (Å²) in [7, 11) is 0. The Hall–Kier alpha value is -1.84. The van der Waals surface area contributed by atoms with Crippen molar-refractivity contribution >= 4 is 43.9 Å². The lowest BCUT2D eigenvalue weighted by molar-refractivity contribution is 0.102. The average Bonchev–Trinajstić information content (AvgIpc) is 3.01. The SMILES string of the molecule is N#Cc1c(NC(=O)c2cc(N)ccc2Br)sc2c1CCC2. The second-order valence-corrected chi connectivity index (χ2v) is 6.83. The average molecular weight is 362 g/mol. The number of amides is 1. The van der Waals surface area contributed by atoms with Gasteiger partial charge in [-0.1, -0.05) is 0 Å². The van der Waals surface area contributed by atoms with Crippen molar-refractivity contribution in [3.8, 4) is 6.07 Å². The minimum absolute atomic E-state index is 0.259. The first kappa shape index (κ1) is 14.1. The number of nitrogens with zero attached hydrogens (tertiary/aromatic N) is 1. The number of hydrogen-bond acceptors (Lipinski definition) is 4. The van der Waals surface area contributed by atoms with E-state index in [0.717, 1.165) is 24.8 Å². The van der Waals surface area contributed by atoms with Gasteiger partial charge >= 0.3 is 0 Å². The summed E-state index contributed by atoms with van der Waals surface area (Å²) in [6, 6.07) is 7.30. The third-order valence-corrected chi connectivity index (χ3v) is 5.39. The largest absolute Gasteiger partial charge is 0.399 e. The minimum Gasteiger partial charge on any atom is -0.399 e. The topological polar surface area (TPSA) is 78.9 Å². The fraction of sp³-hybridized carbons (Fsp3) is 0.200. The van der Waals surface area contributed by atoms with Crippen molar-refractivity contribution in [2.75, 3.05) is 11.1 Å². The van der Waals surface area contributed by atoms with Crippen molar-refractivity contribution in [2.45, 2.75) is 19.3 Å². The van der Waals surface area contributed by atoms with Gasteiger partial charge in [0.15, 0.2) is 0 Å². The number of nitrogens with two attached hydrogens (primary N) is 1. The van der Waals surface area contributed by atoms with Gasteiger partial charge in [-0.05, 0) is 59.0 Å². The second-order valence-electron chi connectivity index (χ2n) is 4.87. The van der Waals surface area contributed by atoms with Crippen molar-refractivity contribution < 1.29 is 4.79 Å². The molecule has 0 spiro atoms. The fourth-order valence-electron chi connectivity index (χ4n) is 2.50. The number of carbonyl (C=O) groups is 1. The van der Waals surface area contributed by atoms with Crippen LogP contribution in [0, 0.1) is 11.3 Å². The molecule has 0 saturated carbocycles. The van der Waals surface area contributed by atoms with Crippen LogP contribution in [0.2, 0.25) is 0 Å². The summed E-state index contributed by atoms with van der Waals surface area (Å²) in [4.78, 5) is 13.6. The van der Waals surface area contributed by atoms with Crippen LogP contribution in [-0.2, 0) is 12.8 Å². The summed E-state index contributed by atoms with van der Waals surface area (Å²) >= 11 is 4.85. The highest BCUT2D eigenvalue weighted by atomic mass is 79.9. The van der Waals surface area contributed by atoms with E-state index in [1.165, 1.54) is 16.2 Å². The van der Waals surface area contributed by atoms with Crippen molar-refractivity contribution in [3.05, 3.63) is 44.2 Å². The molecule has 1 aliphatic carbocycles. The van der Waals surface area contributed by atoms with E-state index in [2.05, 4.69) is 27.3 Å². The zero-order chi connectivity index (χ0) is 15.0. The van der Waals surface area contributed by atoms with Gasteiger partial charge in [0.1, 0.15) is 11.1 Å². The maximum absolute atomic E-state index is 12.4. The van der Waals surface area contributed by atoms with E-state index < -0.39 is 0 Å². The molecule has 6 heteroatoms. The molecule has 2 aromatic rings. The lowest BCUT2D eigenvalue weighted by Gasteiger charge is -2.07. The van der Waals surface area contributed by atoms with E-state index in [4.69, 9.17) is 5.73 Å². The quantitative estimate of drug-likeness (QED) is 0.800. The highest BCUT2D eigenvalue weighted by Crippen LogP contribution is 2.38. The maximum Gasteiger partial charge on any atom is 0.257 e. The standard InChI is InChI=1S/C15H12BrN3OS/c16-12-5-4-8(18)6-10(12)14(20)19-15-11(7-17)9-2-1-3-13(9)21-15/h4-6H,1-3,18H2,(H,19,20). The van der Waals surface area contributed by atoms with Crippen LogP contribution in [0.15, 0.2) is 22.7 Å². The van der Waals surface area contributed by atoms with Gasteiger partial charge in [0.25, 0.3) is 5.91 Å². The molecule has 21 heavy (non-hydrogen) atoms. The number of nitriles is 1. The molecule has 0 unspecified atom stereocenters. The van der Waals surface area contributed by atoms with Crippen molar-refractivity contribution in [3.63, 3.8) is 0 Å². The first-order valence-corrected chi connectivity index (χ1v) is 8.12. The summed E-state index contributed by atoms with van der Waals surface area (Å²) in [5, 5.41) is 12.8. The Morgan fingerprint density at radius 3 is 3.00 bits per heavy atom. The molecule has 1 aromatic carbocycles. The Morgan fingerprint density at radius 1 is 1.43 bits per heavy atom. The number of benzene rings is 1. The fourth-order valence-corrected chi connectivity index (χ4v) is 4.16. The van der Waals surface area contributed by atoms with Crippen LogP contribution in [0.1, 0.15) is 32.8 Å². The molecule has 0 radical (unpaired) electrons. The minimum atomic E-state index is -0.259. The maximum atomic E-state index is 12.4. The van der Waals surface area contributed by atoms with E-state index in [9.17, 15) is 10.1 Å². The Morgan fingerprint density at radius 2 is 2.24 bits per heavy atom. The Bertz CT molecular complexity index is 776. The molecule has 1 heterocycles. The van der Waals surface area contributed by atoms with Gasteiger partial charge in [0.2, 0.25) is 0 Å². The summed E-state index contributed by atoms with van der Waals surface area (Å²) < 4.78 is 0.678. The van der Waals surface area contributed by atoms with Crippen LogP contribution < -0.4 is 11.1 Å². The predicted molar refractivity (Wildman–Crippen MR) is 87.6 cm³/mol. The van der Waals surface area contributed by atoms with Crippen LogP contribution in [0.3, 0.4) is 0 Å². The third kappa shape index (κ3) is 2.55. The number of halogens is 1. The number of aryl methyl sites for hydroxylation is 1. The molecular formula is C15H12BrN3OS. The molecule has 0 aliphatic heterocycles. The first-order chi connectivity index (χ1) is 10.1. The summed E-state index contributed by atoms with van der Waals surface area (Å²) in [6.45, 7) is 0. The number of nitrogen functional groups attached to an aromatic ring is 1. The molecule has 0 fully saturated rings. The molecule has 0 saturated heterocycles. The van der Waals surface area contributed by atoms with Crippen molar-refractivity contribution in [2.24, 2.45) is 0 Å². The van der Waals surface area contributed by atoms with Gasteiger partial charge in [-0.2, -0.15) is 5.26 Å². The third-order valence-electron chi connectivity index (χ3n) is 3.50. The number of thiophene rings is 1. The molecule has 0 bridgehead atoms. The summed E-state index contributed by atoms with van der Waals surface area (Å²) in [5.41, 5.74) is 8.43. The molecule has 1 aromatic heterocycles. The zero-order valence-corrected chi connectivity index (χ0v) is 13.5. The molecule has 1 aliphatic rings. The highest BCUT2D eigenvalue weighted by molar-refractivity contribution is 9.10. The van der Waals surface area contributed by atoms with Gasteiger partial charge in [-0.25, -0.2) is 0 Å². The van der Waals surface area contributed by atoms with Crippen LogP contribution in [0.25, 0.3) is 0 Å². The second kappa shape index (κ2) is 5.51. The van der Waals surface area contributed by atoms with E-state index in [1.807, 2.05) is 0 Å². The predicted octanol–water partition coefficient (Wildman–Crippen LogP) is 3.71. The Labute approximate surface area is 134 Å². The zero-order valence-electron chi connectivity index (χ0n) is 11.1. The van der Waals surface area contributed by atoms with E-state index in [0.29, 0.717) is 26.3 Å². The molecule has 0 atom stereocenters. The van der Waals surface area contributed by atoms with Gasteiger partial charge in [0.05, 0.1) is 11.1 Å². The van der Waals surface area contributed by atoms with Gasteiger partial charge < -0.3 is 11.1 Å². The number of rotatable bonds is 2. The smallest absolute Gasteiger partial charge is 0.257 e. The van der Waals surface area contributed by atoms with Crippen LogP contribution in [0.5, 0.6) is 0 Å². The van der Waals surface area contributed by atoms with E-state index >= 15 is 0 Å². The number of hydrogen-bond donors (Lipinski definition) is 2. The monoisotopic (exact) mass is 361 g/mol. The Balaban J connectivity index is 1.92. The molecule has 1 amide bonds. The highest BCUT2D eigenvalue weighted by Gasteiger charge is 2.23. The molecule has 106 valence electrons. The molecular weight excluding hydrogens is 350 g/mol. The van der Waals surface area contributed by atoms with E-state index in [1.54, 1.807) is 18.2 Å². The normalized spacial score (nSPS) is 12.8. The van der Waals surface area contributed by atoms with Gasteiger partial charge in [-0.3, -0.25) is 4.79 Å². The first-order valence-electron chi connectivity index (χ1n) is 6.51. The van der Waals surface area contributed by atoms with Crippen molar-refractivity contribution in [1.29, 1.82) is 5.26 Å². The lowest BCUT2D eigenvalue weighted by Crippen LogP contribution is -2.13. The molecule has 3 rings (SSSR count). The van der Waals surface area contributed by atoms with Crippen LogP contribution >= 0.6 is 27.3 Å². The molecule has 4 nitrogen and oxygen atoms in total. The lowest BCUT2D eigenvalue weighted by atomic mass is 10.1. The van der Waals surface area contributed by atoms with E-state index in [-0.39, 0.29) is 5.91 Å². The number of carbonyl (C=O) groups excluding carboxylic acids is 1. The van der Waals surface area contributed by atoms with Crippen LogP contribution in [-0.4, -0.2) is 5.91 Å². The number of nitrogens with one attached hydrogen (secondary N) is 1. The van der Waals surface area contributed by atoms with Crippen molar-refractivity contribution in [1.82, 2.24) is 0 Å². The molecule has 3 N–H and O–H groups in total.